The molecule has 1 heterocycles. The van der Waals surface area contributed by atoms with Crippen LogP contribution in [0, 0.1) is 0 Å². The van der Waals surface area contributed by atoms with E-state index in [1.165, 1.54) is 22.5 Å². The highest BCUT2D eigenvalue weighted by atomic mass is 14.8. The molecule has 3 heteroatoms. The van der Waals surface area contributed by atoms with Crippen LogP contribution in [0.1, 0.15) is 105 Å². The lowest BCUT2D eigenvalue weighted by Gasteiger charge is -2.11. The maximum Gasteiger partial charge on any atom is 0.113 e. The molecule has 162 valence electrons. The summed E-state index contributed by atoms with van der Waals surface area (Å²) in [6.07, 6.45) is 1.04. The van der Waals surface area contributed by atoms with Crippen molar-refractivity contribution < 1.29 is 0 Å². The highest BCUT2D eigenvalue weighted by Crippen LogP contribution is 2.29. The molecule has 0 bridgehead atoms. The van der Waals surface area contributed by atoms with Crippen molar-refractivity contribution in [2.45, 2.75) is 94.4 Å². The Kier molecular flexibility index (Phi) is 17.2. The summed E-state index contributed by atoms with van der Waals surface area (Å²) in [5.74, 6) is 1.06. The quantitative estimate of drug-likeness (QED) is 0.482. The number of rotatable bonds is 2. The lowest BCUT2D eigenvalue weighted by molar-refractivity contribution is 0.865. The highest BCUT2D eigenvalue weighted by molar-refractivity contribution is 6.49. The molecule has 0 amide bonds. The van der Waals surface area contributed by atoms with Crippen molar-refractivity contribution in [2.75, 3.05) is 0 Å². The third-order valence-electron chi connectivity index (χ3n) is 4.32. The van der Waals surface area contributed by atoms with Gasteiger partial charge in [-0.1, -0.05) is 105 Å². The van der Waals surface area contributed by atoms with Crippen molar-refractivity contribution in [3.05, 3.63) is 53.1 Å². The fourth-order valence-corrected chi connectivity index (χ4v) is 2.84. The maximum absolute atomic E-state index is 5.76. The van der Waals surface area contributed by atoms with Gasteiger partial charge in [-0.25, -0.2) is 0 Å². The van der Waals surface area contributed by atoms with Gasteiger partial charge in [0.15, 0.2) is 0 Å². The van der Waals surface area contributed by atoms with E-state index in [0.29, 0.717) is 17.3 Å². The molecule has 3 rings (SSSR count). The molecular weight excluding hydrogens is 360 g/mol. The van der Waals surface area contributed by atoms with Gasteiger partial charge >= 0.3 is 0 Å². The predicted octanol–water partition coefficient (Wildman–Crippen LogP) is 6.93. The molecule has 2 aromatic rings. The Hall–Kier alpha value is -1.76. The lowest BCUT2D eigenvalue weighted by Crippen LogP contribution is -2.29. The molecule has 0 aliphatic carbocycles. The van der Waals surface area contributed by atoms with Crippen LogP contribution < -0.4 is 10.9 Å². The van der Waals surface area contributed by atoms with Crippen LogP contribution in [0.5, 0.6) is 0 Å². The van der Waals surface area contributed by atoms with Crippen molar-refractivity contribution in [1.29, 1.82) is 0 Å². The summed E-state index contributed by atoms with van der Waals surface area (Å²) in [4.78, 5) is 4.47. The number of nitrogens with zero attached hydrogens (tertiary/aromatic N) is 1. The topological polar surface area (TPSA) is 12.4 Å². The summed E-state index contributed by atoms with van der Waals surface area (Å²) in [6.45, 7) is 22.8. The van der Waals surface area contributed by atoms with Crippen LogP contribution in [0.25, 0.3) is 0 Å². The van der Waals surface area contributed by atoms with E-state index in [0.717, 1.165) is 17.4 Å². The zero-order chi connectivity index (χ0) is 23.9. The Bertz CT molecular complexity index is 747. The Balaban J connectivity index is 0. The van der Waals surface area contributed by atoms with Gasteiger partial charge in [0.05, 0.1) is 5.69 Å². The number of fused-ring (bicyclic) bond motifs is 1. The molecule has 0 N–H and O–H groups in total. The van der Waals surface area contributed by atoms with Crippen molar-refractivity contribution in [2.24, 2.45) is 4.99 Å². The zero-order valence-electron chi connectivity index (χ0n) is 21.4. The smallest absolute Gasteiger partial charge is 0.113 e. The fraction of sp³-hybridized carbons (Fsp3) is 0.519. The van der Waals surface area contributed by atoms with E-state index in [9.17, 15) is 0 Å². The fourth-order valence-electron chi connectivity index (χ4n) is 2.84. The van der Waals surface area contributed by atoms with Crippen molar-refractivity contribution in [1.82, 2.24) is 0 Å². The SMILES string of the molecule is CC.CC.CC.CC1=Nc2ccc(C(C)C)cc2C1.[B]c1cccc(C(C)C)c1[B]. The van der Waals surface area contributed by atoms with Crippen LogP contribution >= 0.6 is 0 Å². The second-order valence-corrected chi connectivity index (χ2v) is 7.07. The molecule has 1 nitrogen and oxygen atoms in total. The van der Waals surface area contributed by atoms with E-state index in [2.05, 4.69) is 57.8 Å². The Morgan fingerprint density at radius 3 is 1.83 bits per heavy atom. The molecule has 30 heavy (non-hydrogen) atoms. The van der Waals surface area contributed by atoms with Crippen molar-refractivity contribution in [3.8, 4) is 0 Å². The summed E-state index contributed by atoms with van der Waals surface area (Å²) >= 11 is 0. The molecule has 0 saturated carbocycles. The molecular formula is C27H43B2N. The summed E-state index contributed by atoms with van der Waals surface area (Å²) in [6, 6.07) is 12.4. The number of hydrogen-bond donors (Lipinski definition) is 0. The van der Waals surface area contributed by atoms with E-state index in [-0.39, 0.29) is 0 Å². The Morgan fingerprint density at radius 1 is 0.800 bits per heavy atom. The van der Waals surface area contributed by atoms with Crippen LogP contribution in [-0.2, 0) is 6.42 Å². The number of aliphatic imine (C=N–C) groups is 1. The Labute approximate surface area is 190 Å². The second-order valence-electron chi connectivity index (χ2n) is 7.07. The third-order valence-corrected chi connectivity index (χ3v) is 4.32. The summed E-state index contributed by atoms with van der Waals surface area (Å²) < 4.78 is 0. The van der Waals surface area contributed by atoms with Gasteiger partial charge in [0.2, 0.25) is 0 Å². The third kappa shape index (κ3) is 9.83. The monoisotopic (exact) mass is 403 g/mol. The molecule has 2 aromatic carbocycles. The molecule has 0 spiro atoms. The molecule has 0 unspecified atom stereocenters. The maximum atomic E-state index is 5.76. The van der Waals surface area contributed by atoms with Gasteiger partial charge in [0.25, 0.3) is 0 Å². The first-order valence-corrected chi connectivity index (χ1v) is 11.6. The van der Waals surface area contributed by atoms with Crippen molar-refractivity contribution in [3.63, 3.8) is 0 Å². The summed E-state index contributed by atoms with van der Waals surface area (Å²) in [5.41, 5.74) is 7.74. The summed E-state index contributed by atoms with van der Waals surface area (Å²) in [5, 5.41) is 0. The number of benzene rings is 2. The van der Waals surface area contributed by atoms with Crippen LogP contribution in [0.15, 0.2) is 41.4 Å². The summed E-state index contributed by atoms with van der Waals surface area (Å²) in [7, 11) is 11.4. The van der Waals surface area contributed by atoms with Gasteiger partial charge in [-0.05, 0) is 36.0 Å². The largest absolute Gasteiger partial charge is 0.257 e. The normalized spacial score (nSPS) is 10.8. The molecule has 0 fully saturated rings. The van der Waals surface area contributed by atoms with Gasteiger partial charge in [0.1, 0.15) is 15.7 Å². The van der Waals surface area contributed by atoms with Gasteiger partial charge in [-0.2, -0.15) is 0 Å². The molecule has 1 aliphatic heterocycles. The first kappa shape index (κ1) is 30.4. The van der Waals surface area contributed by atoms with Crippen LogP contribution in [0.4, 0.5) is 5.69 Å². The standard InChI is InChI=1S/C12H15N.C9H10B2.3C2H6/c1-8(2)10-4-5-12-11(7-10)6-9(3)13-12;1-6(2)7-4-3-5-8(10)9(7)11;3*1-2/h4-5,7-8H,6H2,1-3H3;3-6H,1-2H3;3*1-2H3. The van der Waals surface area contributed by atoms with E-state index >= 15 is 0 Å². The number of hydrogen-bond acceptors (Lipinski definition) is 1. The predicted molar refractivity (Wildman–Crippen MR) is 142 cm³/mol. The van der Waals surface area contributed by atoms with Gasteiger partial charge < -0.3 is 0 Å². The second kappa shape index (κ2) is 17.0. The van der Waals surface area contributed by atoms with Crippen molar-refractivity contribution >= 4 is 38.0 Å². The van der Waals surface area contributed by atoms with Gasteiger partial charge in [-0.3, -0.25) is 4.99 Å². The van der Waals surface area contributed by atoms with Gasteiger partial charge in [0, 0.05) is 12.1 Å². The molecule has 0 aromatic heterocycles. The average Bonchev–Trinajstić information content (AvgIpc) is 3.14. The minimum absolute atomic E-state index is 0.443. The molecule has 1 aliphatic rings. The minimum Gasteiger partial charge on any atom is -0.257 e. The lowest BCUT2D eigenvalue weighted by atomic mass is 9.75. The molecule has 0 atom stereocenters. The Morgan fingerprint density at radius 2 is 1.37 bits per heavy atom. The zero-order valence-corrected chi connectivity index (χ0v) is 21.4. The van der Waals surface area contributed by atoms with Crippen LogP contribution in [0.3, 0.4) is 0 Å². The van der Waals surface area contributed by atoms with E-state index in [1.807, 2.05) is 59.7 Å². The van der Waals surface area contributed by atoms with E-state index in [1.54, 1.807) is 0 Å². The van der Waals surface area contributed by atoms with E-state index < -0.39 is 0 Å². The first-order chi connectivity index (χ1) is 14.3. The highest BCUT2D eigenvalue weighted by Gasteiger charge is 2.12. The minimum atomic E-state index is 0.443. The van der Waals surface area contributed by atoms with E-state index in [4.69, 9.17) is 15.7 Å². The van der Waals surface area contributed by atoms with Gasteiger partial charge in [-0.15, -0.1) is 10.9 Å². The molecule has 0 saturated heterocycles. The average molecular weight is 403 g/mol. The van der Waals surface area contributed by atoms with Crippen LogP contribution in [0.2, 0.25) is 0 Å². The first-order valence-electron chi connectivity index (χ1n) is 11.6. The van der Waals surface area contributed by atoms with Crippen LogP contribution in [-0.4, -0.2) is 21.4 Å². The molecule has 4 radical (unpaired) electrons.